The molecule has 0 spiro atoms. The second-order valence-corrected chi connectivity index (χ2v) is 8.28. The molecule has 8 heteroatoms. The number of amides is 1. The van der Waals surface area contributed by atoms with Crippen molar-refractivity contribution in [3.63, 3.8) is 0 Å². The number of carbonyl (C=O) groups excluding carboxylic acids is 1. The van der Waals surface area contributed by atoms with Gasteiger partial charge in [0.05, 0.1) is 10.6 Å². The van der Waals surface area contributed by atoms with E-state index in [4.69, 9.17) is 4.42 Å². The molecule has 6 nitrogen and oxygen atoms in total. The third-order valence-electron chi connectivity index (χ3n) is 5.16. The van der Waals surface area contributed by atoms with Gasteiger partial charge in [0.2, 0.25) is 0 Å². The molecule has 1 atom stereocenters. The number of rotatable bonds is 5. The van der Waals surface area contributed by atoms with E-state index in [9.17, 15) is 19.1 Å². The average molecular weight is 446 g/mol. The Hall–Kier alpha value is -4.04. The van der Waals surface area contributed by atoms with Crippen LogP contribution in [-0.2, 0) is 4.79 Å². The maximum atomic E-state index is 14.8. The van der Waals surface area contributed by atoms with Crippen molar-refractivity contribution in [1.82, 2.24) is 4.98 Å². The molecule has 1 amide bonds. The van der Waals surface area contributed by atoms with Crippen LogP contribution in [-0.4, -0.2) is 22.0 Å². The van der Waals surface area contributed by atoms with Gasteiger partial charge in [-0.15, -0.1) is 11.3 Å². The first-order valence-corrected chi connectivity index (χ1v) is 10.5. The van der Waals surface area contributed by atoms with Gasteiger partial charge in [0, 0.05) is 4.70 Å². The van der Waals surface area contributed by atoms with Crippen LogP contribution in [0.5, 0.6) is 0 Å². The highest BCUT2D eigenvalue weighted by molar-refractivity contribution is 7.20. The molecule has 2 aromatic heterocycles. The number of anilines is 1. The first-order valence-electron chi connectivity index (χ1n) is 9.65. The first-order chi connectivity index (χ1) is 15.5. The summed E-state index contributed by atoms with van der Waals surface area (Å²) in [7, 11) is 0. The van der Waals surface area contributed by atoms with Gasteiger partial charge in [-0.25, -0.2) is 9.37 Å². The van der Waals surface area contributed by atoms with Gasteiger partial charge in [-0.2, -0.15) is 0 Å². The molecule has 0 aliphatic carbocycles. The topological polar surface area (TPSA) is 92.4 Å². The number of nitrogens with one attached hydrogen (secondary N) is 1. The number of benzene rings is 3. The highest BCUT2D eigenvalue weighted by Gasteiger charge is 2.24. The van der Waals surface area contributed by atoms with Crippen molar-refractivity contribution in [1.29, 1.82) is 0 Å². The smallest absolute Gasteiger partial charge is 0.315 e. The minimum Gasteiger partial charge on any atom is -0.481 e. The van der Waals surface area contributed by atoms with Crippen LogP contribution >= 0.6 is 11.3 Å². The molecule has 0 aliphatic rings. The Morgan fingerprint density at radius 2 is 1.81 bits per heavy atom. The van der Waals surface area contributed by atoms with E-state index in [1.807, 2.05) is 24.3 Å². The minimum absolute atomic E-state index is 0.0210. The molecule has 1 unspecified atom stereocenters. The van der Waals surface area contributed by atoms with Crippen molar-refractivity contribution in [3.05, 3.63) is 94.9 Å². The van der Waals surface area contributed by atoms with E-state index in [1.54, 1.807) is 24.3 Å². The number of carbonyl (C=O) groups is 2. The Labute approximate surface area is 184 Å². The first kappa shape index (κ1) is 19.9. The molecule has 0 bridgehead atoms. The molecule has 0 fully saturated rings. The summed E-state index contributed by atoms with van der Waals surface area (Å²) < 4.78 is 21.0. The number of aliphatic carboxylic acids is 1. The van der Waals surface area contributed by atoms with E-state index in [0.29, 0.717) is 21.5 Å². The number of fused-ring (bicyclic) bond motifs is 2. The summed E-state index contributed by atoms with van der Waals surface area (Å²) >= 11 is 1.32. The van der Waals surface area contributed by atoms with Crippen LogP contribution in [0.3, 0.4) is 0 Å². The summed E-state index contributed by atoms with van der Waals surface area (Å²) in [6, 6.07) is 18.2. The van der Waals surface area contributed by atoms with Crippen molar-refractivity contribution in [2.24, 2.45) is 0 Å². The van der Waals surface area contributed by atoms with E-state index in [2.05, 4.69) is 10.3 Å². The lowest BCUT2D eigenvalue weighted by Gasteiger charge is -2.15. The van der Waals surface area contributed by atoms with Crippen LogP contribution in [0.2, 0.25) is 0 Å². The SMILES string of the molecule is O=C(Nc1ccc(C(C(=O)O)c2ccc3ocnc3c2)cc1F)c1cc2ccccc2s1. The molecule has 0 saturated carbocycles. The number of halogens is 1. The van der Waals surface area contributed by atoms with Crippen LogP contribution < -0.4 is 5.32 Å². The Morgan fingerprint density at radius 3 is 2.59 bits per heavy atom. The van der Waals surface area contributed by atoms with Gasteiger partial charge in [-0.3, -0.25) is 9.59 Å². The van der Waals surface area contributed by atoms with Crippen molar-refractivity contribution in [3.8, 4) is 0 Å². The molecule has 0 radical (unpaired) electrons. The third-order valence-corrected chi connectivity index (χ3v) is 6.27. The fourth-order valence-corrected chi connectivity index (χ4v) is 4.58. The minimum atomic E-state index is -1.13. The molecule has 0 aliphatic heterocycles. The normalized spacial score (nSPS) is 12.2. The number of carboxylic acids is 1. The molecular weight excluding hydrogens is 431 g/mol. The monoisotopic (exact) mass is 446 g/mol. The standard InChI is InChI=1S/C24H15FN2O4S/c25-16-9-14(22(24(29)30)15-6-8-19-18(10-15)26-12-31-19)5-7-17(16)27-23(28)21-11-13-3-1-2-4-20(13)32-21/h1-12,22H,(H,27,28)(H,29,30). The number of aromatic nitrogens is 1. The van der Waals surface area contributed by atoms with Gasteiger partial charge in [0.15, 0.2) is 12.0 Å². The quantitative estimate of drug-likeness (QED) is 0.364. The Morgan fingerprint density at radius 1 is 1.03 bits per heavy atom. The number of oxazole rings is 1. The number of carboxylic acid groups (broad SMARTS) is 1. The highest BCUT2D eigenvalue weighted by Crippen LogP contribution is 2.31. The zero-order valence-electron chi connectivity index (χ0n) is 16.4. The lowest BCUT2D eigenvalue weighted by molar-refractivity contribution is -0.137. The number of nitrogens with zero attached hydrogens (tertiary/aromatic N) is 1. The number of hydrogen-bond donors (Lipinski definition) is 2. The van der Waals surface area contributed by atoms with Crippen LogP contribution in [0.15, 0.2) is 77.5 Å². The fraction of sp³-hybridized carbons (Fsp3) is 0.0417. The maximum absolute atomic E-state index is 14.8. The van der Waals surface area contributed by atoms with Crippen molar-refractivity contribution in [2.75, 3.05) is 5.32 Å². The van der Waals surface area contributed by atoms with E-state index < -0.39 is 23.6 Å². The zero-order chi connectivity index (χ0) is 22.2. The van der Waals surface area contributed by atoms with E-state index in [1.165, 1.54) is 29.9 Å². The average Bonchev–Trinajstić information content (AvgIpc) is 3.42. The molecule has 2 heterocycles. The van der Waals surface area contributed by atoms with Gasteiger partial charge in [0.25, 0.3) is 5.91 Å². The molecule has 2 N–H and O–H groups in total. The van der Waals surface area contributed by atoms with E-state index in [0.717, 1.165) is 16.2 Å². The molecular formula is C24H15FN2O4S. The number of hydrogen-bond acceptors (Lipinski definition) is 5. The lowest BCUT2D eigenvalue weighted by Crippen LogP contribution is -2.15. The largest absolute Gasteiger partial charge is 0.481 e. The van der Waals surface area contributed by atoms with Crippen molar-refractivity contribution in [2.45, 2.75) is 5.92 Å². The summed E-state index contributed by atoms with van der Waals surface area (Å²) in [4.78, 5) is 29.1. The van der Waals surface area contributed by atoms with Gasteiger partial charge >= 0.3 is 5.97 Å². The summed E-state index contributed by atoms with van der Waals surface area (Å²) in [5, 5.41) is 13.3. The van der Waals surface area contributed by atoms with E-state index in [-0.39, 0.29) is 11.3 Å². The van der Waals surface area contributed by atoms with Gasteiger partial charge < -0.3 is 14.8 Å². The van der Waals surface area contributed by atoms with Crippen molar-refractivity contribution >= 4 is 50.1 Å². The predicted octanol–water partition coefficient (Wildman–Crippen LogP) is 5.65. The van der Waals surface area contributed by atoms with Crippen LogP contribution in [0, 0.1) is 5.82 Å². The molecule has 5 aromatic rings. The molecule has 3 aromatic carbocycles. The molecule has 32 heavy (non-hydrogen) atoms. The molecule has 0 saturated heterocycles. The van der Waals surface area contributed by atoms with Crippen LogP contribution in [0.4, 0.5) is 10.1 Å². The zero-order valence-corrected chi connectivity index (χ0v) is 17.2. The number of thiophene rings is 1. The van der Waals surface area contributed by atoms with Crippen LogP contribution in [0.25, 0.3) is 21.2 Å². The Kier molecular flexibility index (Phi) is 4.91. The summed E-state index contributed by atoms with van der Waals surface area (Å²) in [5.74, 6) is -3.37. The third kappa shape index (κ3) is 3.61. The van der Waals surface area contributed by atoms with Gasteiger partial charge in [-0.1, -0.05) is 30.3 Å². The molecule has 158 valence electrons. The second-order valence-electron chi connectivity index (χ2n) is 7.19. The highest BCUT2D eigenvalue weighted by atomic mass is 32.1. The Balaban J connectivity index is 1.43. The summed E-state index contributed by atoms with van der Waals surface area (Å²) in [5.41, 5.74) is 1.72. The van der Waals surface area contributed by atoms with Crippen LogP contribution in [0.1, 0.15) is 26.7 Å². The fourth-order valence-electron chi connectivity index (χ4n) is 3.62. The summed E-state index contributed by atoms with van der Waals surface area (Å²) in [6.45, 7) is 0. The predicted molar refractivity (Wildman–Crippen MR) is 120 cm³/mol. The van der Waals surface area contributed by atoms with Gasteiger partial charge in [-0.05, 0) is 52.9 Å². The van der Waals surface area contributed by atoms with Crippen molar-refractivity contribution < 1.29 is 23.5 Å². The Bertz CT molecular complexity index is 1460. The second kappa shape index (κ2) is 7.90. The van der Waals surface area contributed by atoms with E-state index >= 15 is 0 Å². The maximum Gasteiger partial charge on any atom is 0.315 e. The molecule has 5 rings (SSSR count). The lowest BCUT2D eigenvalue weighted by atomic mass is 9.91. The summed E-state index contributed by atoms with van der Waals surface area (Å²) in [6.07, 6.45) is 1.28. The van der Waals surface area contributed by atoms with Gasteiger partial charge in [0.1, 0.15) is 17.3 Å².